The summed E-state index contributed by atoms with van der Waals surface area (Å²) in [5, 5.41) is 5.84. The van der Waals surface area contributed by atoms with E-state index in [0.717, 1.165) is 5.69 Å². The molecular formula is C18H15N5O2. The van der Waals surface area contributed by atoms with Crippen LogP contribution in [0.25, 0.3) is 0 Å². The number of anilines is 3. The number of carbonyl (C=O) groups is 2. The van der Waals surface area contributed by atoms with Crippen molar-refractivity contribution in [1.29, 1.82) is 0 Å². The number of benzene rings is 1. The van der Waals surface area contributed by atoms with Gasteiger partial charge in [0.2, 0.25) is 5.91 Å². The van der Waals surface area contributed by atoms with E-state index in [0.29, 0.717) is 11.5 Å². The lowest BCUT2D eigenvalue weighted by atomic mass is 10.2. The van der Waals surface area contributed by atoms with Gasteiger partial charge in [0, 0.05) is 11.9 Å². The topological polar surface area (TPSA) is 110 Å². The minimum absolute atomic E-state index is 0.177. The Labute approximate surface area is 143 Å². The molecule has 0 saturated carbocycles. The molecule has 124 valence electrons. The van der Waals surface area contributed by atoms with Crippen LogP contribution in [0, 0.1) is 0 Å². The fraction of sp³-hybridized carbons (Fsp3) is 0. The molecule has 7 nitrogen and oxygen atoms in total. The summed E-state index contributed by atoms with van der Waals surface area (Å²) in [4.78, 5) is 31.3. The summed E-state index contributed by atoms with van der Waals surface area (Å²) < 4.78 is 0. The molecule has 1 aromatic carbocycles. The van der Waals surface area contributed by atoms with Gasteiger partial charge >= 0.3 is 0 Å². The highest BCUT2D eigenvalue weighted by Gasteiger charge is 2.09. The maximum atomic E-state index is 12.1. The smallest absolute Gasteiger partial charge is 0.274 e. The van der Waals surface area contributed by atoms with Crippen LogP contribution < -0.4 is 16.4 Å². The normalized spacial score (nSPS) is 10.1. The summed E-state index contributed by atoms with van der Waals surface area (Å²) in [5.41, 5.74) is 7.02. The number of para-hydroxylation sites is 1. The van der Waals surface area contributed by atoms with E-state index in [9.17, 15) is 9.59 Å². The van der Waals surface area contributed by atoms with Gasteiger partial charge in [0.05, 0.1) is 17.4 Å². The van der Waals surface area contributed by atoms with Gasteiger partial charge in [0.25, 0.3) is 5.91 Å². The highest BCUT2D eigenvalue weighted by Crippen LogP contribution is 2.16. The van der Waals surface area contributed by atoms with Crippen molar-refractivity contribution in [2.45, 2.75) is 0 Å². The third kappa shape index (κ3) is 4.17. The van der Waals surface area contributed by atoms with Crippen molar-refractivity contribution < 1.29 is 9.59 Å². The third-order valence-electron chi connectivity index (χ3n) is 3.35. The van der Waals surface area contributed by atoms with Crippen LogP contribution in [0.5, 0.6) is 0 Å². The summed E-state index contributed by atoms with van der Waals surface area (Å²) in [7, 11) is 0. The van der Waals surface area contributed by atoms with Crippen molar-refractivity contribution in [1.82, 2.24) is 9.97 Å². The number of nitrogens with zero attached hydrogens (tertiary/aromatic N) is 2. The molecule has 2 amide bonds. The van der Waals surface area contributed by atoms with Crippen molar-refractivity contribution in [3.8, 4) is 0 Å². The fourth-order valence-corrected chi connectivity index (χ4v) is 2.08. The van der Waals surface area contributed by atoms with Gasteiger partial charge in [-0.2, -0.15) is 0 Å². The molecule has 0 aliphatic rings. The molecule has 0 aliphatic carbocycles. The molecule has 0 radical (unpaired) electrons. The number of primary amides is 1. The zero-order valence-corrected chi connectivity index (χ0v) is 13.1. The molecule has 25 heavy (non-hydrogen) atoms. The monoisotopic (exact) mass is 333 g/mol. The number of hydrogen-bond donors (Lipinski definition) is 3. The highest BCUT2D eigenvalue weighted by molar-refractivity contribution is 6.03. The van der Waals surface area contributed by atoms with Crippen LogP contribution in [-0.2, 0) is 0 Å². The van der Waals surface area contributed by atoms with E-state index in [1.807, 2.05) is 30.3 Å². The number of hydrogen-bond acceptors (Lipinski definition) is 5. The Balaban J connectivity index is 1.64. The minimum Gasteiger partial charge on any atom is -0.366 e. The molecule has 0 spiro atoms. The van der Waals surface area contributed by atoms with Crippen LogP contribution in [0.2, 0.25) is 0 Å². The molecule has 4 N–H and O–H groups in total. The second kappa shape index (κ2) is 7.22. The van der Waals surface area contributed by atoms with Crippen LogP contribution in [0.3, 0.4) is 0 Å². The first-order valence-electron chi connectivity index (χ1n) is 7.47. The molecule has 2 aromatic heterocycles. The van der Waals surface area contributed by atoms with E-state index in [1.165, 1.54) is 18.3 Å². The largest absolute Gasteiger partial charge is 0.366 e. The Bertz CT molecular complexity index is 878. The number of nitrogens with two attached hydrogens (primary N) is 1. The Morgan fingerprint density at radius 1 is 0.840 bits per heavy atom. The van der Waals surface area contributed by atoms with Gasteiger partial charge in [0.1, 0.15) is 11.5 Å². The average Bonchev–Trinajstić information content (AvgIpc) is 2.64. The molecule has 7 heteroatoms. The molecule has 2 heterocycles. The number of carbonyl (C=O) groups excluding carboxylic acids is 2. The van der Waals surface area contributed by atoms with Gasteiger partial charge in [-0.05, 0) is 36.4 Å². The maximum absolute atomic E-state index is 12.1. The van der Waals surface area contributed by atoms with Gasteiger partial charge in [-0.1, -0.05) is 18.2 Å². The number of rotatable bonds is 5. The summed E-state index contributed by atoms with van der Waals surface area (Å²) >= 11 is 0. The molecule has 0 atom stereocenters. The molecule has 0 saturated heterocycles. The van der Waals surface area contributed by atoms with Crippen LogP contribution in [0.15, 0.2) is 67.0 Å². The second-order valence-corrected chi connectivity index (χ2v) is 5.17. The van der Waals surface area contributed by atoms with E-state index in [-0.39, 0.29) is 11.3 Å². The number of pyridine rings is 2. The Hall–Kier alpha value is -3.74. The second-order valence-electron chi connectivity index (χ2n) is 5.17. The van der Waals surface area contributed by atoms with Crippen molar-refractivity contribution in [3.05, 3.63) is 78.2 Å². The van der Waals surface area contributed by atoms with Crippen molar-refractivity contribution >= 4 is 29.0 Å². The predicted octanol–water partition coefficient (Wildman–Crippen LogP) is 2.57. The van der Waals surface area contributed by atoms with Gasteiger partial charge in [-0.25, -0.2) is 4.98 Å². The molecular weight excluding hydrogens is 318 g/mol. The zero-order chi connectivity index (χ0) is 17.6. The Kier molecular flexibility index (Phi) is 4.66. The van der Waals surface area contributed by atoms with E-state index in [1.54, 1.807) is 18.3 Å². The molecule has 3 aromatic rings. The van der Waals surface area contributed by atoms with Gasteiger partial charge in [0.15, 0.2) is 0 Å². The maximum Gasteiger partial charge on any atom is 0.274 e. The van der Waals surface area contributed by atoms with Crippen molar-refractivity contribution in [2.75, 3.05) is 10.6 Å². The van der Waals surface area contributed by atoms with Crippen molar-refractivity contribution in [2.24, 2.45) is 5.73 Å². The van der Waals surface area contributed by atoms with Gasteiger partial charge in [-0.3, -0.25) is 14.6 Å². The average molecular weight is 333 g/mol. The highest BCUT2D eigenvalue weighted by atomic mass is 16.2. The molecule has 0 unspecified atom stereocenters. The number of nitrogens with one attached hydrogen (secondary N) is 2. The van der Waals surface area contributed by atoms with E-state index < -0.39 is 11.8 Å². The molecule has 0 fully saturated rings. The lowest BCUT2D eigenvalue weighted by Gasteiger charge is -2.07. The lowest BCUT2D eigenvalue weighted by Crippen LogP contribution is -2.16. The standard InChI is InChI=1S/C18H15N5O2/c19-17(24)12-6-8-15(20-10-12)18(25)23-14-7-9-16(21-11-14)22-13-4-2-1-3-5-13/h1-11H,(H2,19,24)(H,21,22)(H,23,25). The summed E-state index contributed by atoms with van der Waals surface area (Å²) in [5.74, 6) is -0.333. The van der Waals surface area contributed by atoms with E-state index in [2.05, 4.69) is 20.6 Å². The first-order chi connectivity index (χ1) is 12.1. The van der Waals surface area contributed by atoms with E-state index in [4.69, 9.17) is 5.73 Å². The number of amides is 2. The fourth-order valence-electron chi connectivity index (χ4n) is 2.08. The van der Waals surface area contributed by atoms with Crippen LogP contribution in [-0.4, -0.2) is 21.8 Å². The number of aromatic nitrogens is 2. The van der Waals surface area contributed by atoms with Crippen LogP contribution in [0.1, 0.15) is 20.8 Å². The molecule has 3 rings (SSSR count). The van der Waals surface area contributed by atoms with Crippen LogP contribution in [0.4, 0.5) is 17.2 Å². The Morgan fingerprint density at radius 3 is 2.24 bits per heavy atom. The molecule has 0 aliphatic heterocycles. The third-order valence-corrected chi connectivity index (χ3v) is 3.35. The van der Waals surface area contributed by atoms with Gasteiger partial charge < -0.3 is 16.4 Å². The minimum atomic E-state index is -0.592. The zero-order valence-electron chi connectivity index (χ0n) is 13.1. The summed E-state index contributed by atoms with van der Waals surface area (Å²) in [6.07, 6.45) is 2.81. The first-order valence-corrected chi connectivity index (χ1v) is 7.47. The predicted molar refractivity (Wildman–Crippen MR) is 94.7 cm³/mol. The van der Waals surface area contributed by atoms with E-state index >= 15 is 0 Å². The summed E-state index contributed by atoms with van der Waals surface area (Å²) in [6, 6.07) is 16.0. The molecule has 0 bridgehead atoms. The lowest BCUT2D eigenvalue weighted by molar-refractivity contribution is 0.0993. The quantitative estimate of drug-likeness (QED) is 0.665. The van der Waals surface area contributed by atoms with Crippen molar-refractivity contribution in [3.63, 3.8) is 0 Å². The SMILES string of the molecule is NC(=O)c1ccc(C(=O)Nc2ccc(Nc3ccccc3)nc2)nc1. The summed E-state index contributed by atoms with van der Waals surface area (Å²) in [6.45, 7) is 0. The Morgan fingerprint density at radius 2 is 1.64 bits per heavy atom. The van der Waals surface area contributed by atoms with Crippen LogP contribution >= 0.6 is 0 Å². The van der Waals surface area contributed by atoms with Gasteiger partial charge in [-0.15, -0.1) is 0 Å². The first kappa shape index (κ1) is 16.1.